The van der Waals surface area contributed by atoms with Gasteiger partial charge in [-0.3, -0.25) is 0 Å². The average Bonchev–Trinajstić information content (AvgIpc) is 3.07. The molecule has 0 saturated carbocycles. The Morgan fingerprint density at radius 1 is 1.32 bits per heavy atom. The fourth-order valence-corrected chi connectivity index (χ4v) is 2.43. The lowest BCUT2D eigenvalue weighted by Crippen LogP contribution is -2.00. The molecule has 1 aromatic heterocycles. The standard InChI is InChI=1S/C14H15ClN2O2/c15-12-3-1-2-10(8-12)4-5-13-16-14(17-19-13)11-6-7-18-9-11/h1-3,8,11H,4-7,9H2. The SMILES string of the molecule is Clc1cccc(CCc2nc(C3CCOC3)no2)c1. The summed E-state index contributed by atoms with van der Waals surface area (Å²) in [6.07, 6.45) is 2.57. The molecule has 4 nitrogen and oxygen atoms in total. The molecule has 1 aliphatic rings. The number of benzene rings is 1. The van der Waals surface area contributed by atoms with E-state index in [9.17, 15) is 0 Å². The third-order valence-electron chi connectivity index (χ3n) is 3.30. The van der Waals surface area contributed by atoms with Crippen LogP contribution < -0.4 is 0 Å². The van der Waals surface area contributed by atoms with Crippen LogP contribution in [0.5, 0.6) is 0 Å². The average molecular weight is 279 g/mol. The van der Waals surface area contributed by atoms with Gasteiger partial charge in [0.1, 0.15) is 0 Å². The highest BCUT2D eigenvalue weighted by atomic mass is 35.5. The van der Waals surface area contributed by atoms with Crippen molar-refractivity contribution in [3.8, 4) is 0 Å². The van der Waals surface area contributed by atoms with Crippen LogP contribution in [0.1, 0.15) is 29.6 Å². The molecule has 100 valence electrons. The molecule has 0 spiro atoms. The maximum absolute atomic E-state index is 5.95. The highest BCUT2D eigenvalue weighted by Gasteiger charge is 2.22. The molecule has 2 aromatic rings. The Balaban J connectivity index is 1.61. The number of hydrogen-bond donors (Lipinski definition) is 0. The van der Waals surface area contributed by atoms with Crippen LogP contribution in [-0.4, -0.2) is 23.4 Å². The van der Waals surface area contributed by atoms with Crippen LogP contribution in [0.4, 0.5) is 0 Å². The Kier molecular flexibility index (Phi) is 3.80. The van der Waals surface area contributed by atoms with E-state index in [0.717, 1.165) is 36.7 Å². The lowest BCUT2D eigenvalue weighted by atomic mass is 10.1. The molecule has 2 heterocycles. The number of hydrogen-bond acceptors (Lipinski definition) is 4. The summed E-state index contributed by atoms with van der Waals surface area (Å²) in [5, 5.41) is 4.79. The van der Waals surface area contributed by atoms with Crippen LogP contribution in [0.25, 0.3) is 0 Å². The van der Waals surface area contributed by atoms with Gasteiger partial charge in [-0.25, -0.2) is 0 Å². The first-order valence-corrected chi connectivity index (χ1v) is 6.84. The van der Waals surface area contributed by atoms with E-state index in [1.807, 2.05) is 24.3 Å². The van der Waals surface area contributed by atoms with E-state index in [0.29, 0.717) is 18.4 Å². The van der Waals surface area contributed by atoms with Crippen LogP contribution in [0.15, 0.2) is 28.8 Å². The quantitative estimate of drug-likeness (QED) is 0.862. The fraction of sp³-hybridized carbons (Fsp3) is 0.429. The van der Waals surface area contributed by atoms with Gasteiger partial charge in [0, 0.05) is 24.0 Å². The number of halogens is 1. The summed E-state index contributed by atoms with van der Waals surface area (Å²) in [5.41, 5.74) is 1.18. The van der Waals surface area contributed by atoms with Crippen LogP contribution in [0.2, 0.25) is 5.02 Å². The fourth-order valence-electron chi connectivity index (χ4n) is 2.22. The topological polar surface area (TPSA) is 48.2 Å². The summed E-state index contributed by atoms with van der Waals surface area (Å²) in [6.45, 7) is 1.49. The van der Waals surface area contributed by atoms with Gasteiger partial charge in [0.2, 0.25) is 5.89 Å². The van der Waals surface area contributed by atoms with Gasteiger partial charge < -0.3 is 9.26 Å². The predicted molar refractivity (Wildman–Crippen MR) is 71.3 cm³/mol. The van der Waals surface area contributed by atoms with Crippen molar-refractivity contribution in [2.24, 2.45) is 0 Å². The molecule has 1 aromatic carbocycles. The van der Waals surface area contributed by atoms with Gasteiger partial charge in [0.25, 0.3) is 0 Å². The summed E-state index contributed by atoms with van der Waals surface area (Å²) >= 11 is 5.95. The third kappa shape index (κ3) is 3.14. The smallest absolute Gasteiger partial charge is 0.226 e. The Labute approximate surface area is 116 Å². The summed E-state index contributed by atoms with van der Waals surface area (Å²) in [7, 11) is 0. The highest BCUT2D eigenvalue weighted by Crippen LogP contribution is 2.22. The summed E-state index contributed by atoms with van der Waals surface area (Å²) in [4.78, 5) is 4.44. The maximum atomic E-state index is 5.95. The lowest BCUT2D eigenvalue weighted by molar-refractivity contribution is 0.192. The summed E-state index contributed by atoms with van der Waals surface area (Å²) in [6, 6.07) is 7.83. The molecule has 0 bridgehead atoms. The van der Waals surface area contributed by atoms with E-state index >= 15 is 0 Å². The first kappa shape index (κ1) is 12.6. The zero-order chi connectivity index (χ0) is 13.1. The third-order valence-corrected chi connectivity index (χ3v) is 3.53. The van der Waals surface area contributed by atoms with Crippen molar-refractivity contribution in [2.75, 3.05) is 13.2 Å². The number of rotatable bonds is 4. The van der Waals surface area contributed by atoms with Gasteiger partial charge in [0.15, 0.2) is 5.82 Å². The van der Waals surface area contributed by atoms with E-state index in [1.165, 1.54) is 5.56 Å². The Morgan fingerprint density at radius 2 is 2.26 bits per heavy atom. The summed E-state index contributed by atoms with van der Waals surface area (Å²) in [5.74, 6) is 1.75. The zero-order valence-corrected chi connectivity index (χ0v) is 11.3. The first-order valence-electron chi connectivity index (χ1n) is 6.46. The Bertz CT molecular complexity index is 550. The Hall–Kier alpha value is -1.39. The van der Waals surface area contributed by atoms with Gasteiger partial charge in [-0.15, -0.1) is 0 Å². The molecule has 0 radical (unpaired) electrons. The molecule has 1 atom stereocenters. The number of aromatic nitrogens is 2. The van der Waals surface area contributed by atoms with Crippen LogP contribution in [0, 0.1) is 0 Å². The number of ether oxygens (including phenoxy) is 1. The second-order valence-electron chi connectivity index (χ2n) is 4.74. The second-order valence-corrected chi connectivity index (χ2v) is 5.17. The zero-order valence-electron chi connectivity index (χ0n) is 10.5. The number of aryl methyl sites for hydroxylation is 2. The molecule has 1 fully saturated rings. The molecular weight excluding hydrogens is 264 g/mol. The van der Waals surface area contributed by atoms with Gasteiger partial charge in [-0.2, -0.15) is 4.98 Å². The van der Waals surface area contributed by atoms with Gasteiger partial charge in [-0.05, 0) is 30.5 Å². The van der Waals surface area contributed by atoms with Crippen molar-refractivity contribution >= 4 is 11.6 Å². The molecule has 1 aliphatic heterocycles. The van der Waals surface area contributed by atoms with Crippen molar-refractivity contribution in [3.63, 3.8) is 0 Å². The van der Waals surface area contributed by atoms with E-state index in [-0.39, 0.29) is 0 Å². The second kappa shape index (κ2) is 5.72. The molecular formula is C14H15ClN2O2. The molecule has 0 aliphatic carbocycles. The van der Waals surface area contributed by atoms with Crippen molar-refractivity contribution in [1.82, 2.24) is 10.1 Å². The number of nitrogens with zero attached hydrogens (tertiary/aromatic N) is 2. The van der Waals surface area contributed by atoms with E-state index in [1.54, 1.807) is 0 Å². The predicted octanol–water partition coefficient (Wildman–Crippen LogP) is 3.01. The molecule has 1 unspecified atom stereocenters. The lowest BCUT2D eigenvalue weighted by Gasteiger charge is -1.99. The largest absolute Gasteiger partial charge is 0.381 e. The van der Waals surface area contributed by atoms with Crippen LogP contribution in [-0.2, 0) is 17.6 Å². The van der Waals surface area contributed by atoms with Crippen molar-refractivity contribution in [1.29, 1.82) is 0 Å². The minimum Gasteiger partial charge on any atom is -0.381 e. The van der Waals surface area contributed by atoms with E-state index in [4.69, 9.17) is 20.9 Å². The minimum absolute atomic E-state index is 0.295. The van der Waals surface area contributed by atoms with E-state index < -0.39 is 0 Å². The molecule has 3 rings (SSSR count). The monoisotopic (exact) mass is 278 g/mol. The molecule has 5 heteroatoms. The Morgan fingerprint density at radius 3 is 3.05 bits per heavy atom. The van der Waals surface area contributed by atoms with Gasteiger partial charge >= 0.3 is 0 Å². The molecule has 19 heavy (non-hydrogen) atoms. The first-order chi connectivity index (χ1) is 9.31. The molecule has 0 N–H and O–H groups in total. The maximum Gasteiger partial charge on any atom is 0.226 e. The highest BCUT2D eigenvalue weighted by molar-refractivity contribution is 6.30. The van der Waals surface area contributed by atoms with Gasteiger partial charge in [-0.1, -0.05) is 28.9 Å². The normalized spacial score (nSPS) is 18.9. The van der Waals surface area contributed by atoms with Crippen molar-refractivity contribution in [3.05, 3.63) is 46.6 Å². The van der Waals surface area contributed by atoms with Crippen molar-refractivity contribution < 1.29 is 9.26 Å². The summed E-state index contributed by atoms with van der Waals surface area (Å²) < 4.78 is 10.6. The van der Waals surface area contributed by atoms with Crippen LogP contribution in [0.3, 0.4) is 0 Å². The molecule has 0 amide bonds. The van der Waals surface area contributed by atoms with Crippen LogP contribution >= 0.6 is 11.6 Å². The van der Waals surface area contributed by atoms with E-state index in [2.05, 4.69) is 10.1 Å². The minimum atomic E-state index is 0.295. The van der Waals surface area contributed by atoms with Gasteiger partial charge in [0.05, 0.1) is 6.61 Å². The molecule has 1 saturated heterocycles. The van der Waals surface area contributed by atoms with Crippen molar-refractivity contribution in [2.45, 2.75) is 25.2 Å².